The number of benzene rings is 2. The summed E-state index contributed by atoms with van der Waals surface area (Å²) in [5, 5.41) is 3.09. The van der Waals surface area contributed by atoms with Crippen molar-refractivity contribution < 1.29 is 17.9 Å². The molecule has 27 heavy (non-hydrogen) atoms. The SMILES string of the molecule is C=CCOc1cccc(NC(=O)C(C)N(c2cccc(Cl)c2)S(C)(=O)=O)c1. The molecular formula is C19H21ClN2O4S. The molecule has 1 N–H and O–H groups in total. The van der Waals surface area contributed by atoms with Gasteiger partial charge >= 0.3 is 0 Å². The summed E-state index contributed by atoms with van der Waals surface area (Å²) in [5.41, 5.74) is 0.809. The van der Waals surface area contributed by atoms with Gasteiger partial charge in [-0.3, -0.25) is 9.10 Å². The number of nitrogens with one attached hydrogen (secondary N) is 1. The van der Waals surface area contributed by atoms with Gasteiger partial charge in [0.05, 0.1) is 11.9 Å². The molecule has 0 bridgehead atoms. The zero-order valence-corrected chi connectivity index (χ0v) is 16.6. The number of carbonyl (C=O) groups is 1. The van der Waals surface area contributed by atoms with Crippen molar-refractivity contribution in [2.75, 3.05) is 22.5 Å². The number of halogens is 1. The van der Waals surface area contributed by atoms with Crippen molar-refractivity contribution >= 4 is 38.9 Å². The largest absolute Gasteiger partial charge is 0.489 e. The van der Waals surface area contributed by atoms with E-state index < -0.39 is 22.0 Å². The van der Waals surface area contributed by atoms with Gasteiger partial charge in [0.2, 0.25) is 15.9 Å². The molecular weight excluding hydrogens is 388 g/mol. The third kappa shape index (κ3) is 5.74. The first-order valence-corrected chi connectivity index (χ1v) is 10.3. The zero-order chi connectivity index (χ0) is 20.0. The number of nitrogens with zero attached hydrogens (tertiary/aromatic N) is 1. The average Bonchev–Trinajstić information content (AvgIpc) is 2.59. The molecule has 1 amide bonds. The second-order valence-corrected chi connectivity index (χ2v) is 8.13. The Morgan fingerprint density at radius 2 is 2.00 bits per heavy atom. The van der Waals surface area contributed by atoms with E-state index in [1.165, 1.54) is 13.0 Å². The Balaban J connectivity index is 2.24. The van der Waals surface area contributed by atoms with E-state index in [9.17, 15) is 13.2 Å². The molecule has 2 aromatic carbocycles. The lowest BCUT2D eigenvalue weighted by Crippen LogP contribution is -2.45. The van der Waals surface area contributed by atoms with Crippen molar-refractivity contribution in [1.82, 2.24) is 0 Å². The number of carbonyl (C=O) groups excluding carboxylic acids is 1. The Labute approximate surface area is 164 Å². The van der Waals surface area contributed by atoms with E-state index in [2.05, 4.69) is 11.9 Å². The Bertz CT molecular complexity index is 931. The van der Waals surface area contributed by atoms with Crippen LogP contribution in [0.15, 0.2) is 61.2 Å². The van der Waals surface area contributed by atoms with Crippen LogP contribution in [-0.4, -0.2) is 33.2 Å². The zero-order valence-electron chi connectivity index (χ0n) is 15.1. The van der Waals surface area contributed by atoms with Crippen molar-refractivity contribution in [1.29, 1.82) is 0 Å². The van der Waals surface area contributed by atoms with Crippen LogP contribution in [0.25, 0.3) is 0 Å². The molecule has 0 aliphatic heterocycles. The van der Waals surface area contributed by atoms with Crippen LogP contribution in [0.5, 0.6) is 5.75 Å². The Morgan fingerprint density at radius 3 is 2.63 bits per heavy atom. The maximum atomic E-state index is 12.7. The van der Waals surface area contributed by atoms with Crippen LogP contribution in [0.3, 0.4) is 0 Å². The van der Waals surface area contributed by atoms with Gasteiger partial charge in [-0.25, -0.2) is 8.42 Å². The second kappa shape index (κ2) is 8.92. The molecule has 0 spiro atoms. The average molecular weight is 409 g/mol. The van der Waals surface area contributed by atoms with Crippen molar-refractivity contribution in [2.45, 2.75) is 13.0 Å². The molecule has 0 radical (unpaired) electrons. The summed E-state index contributed by atoms with van der Waals surface area (Å²) >= 11 is 5.97. The monoisotopic (exact) mass is 408 g/mol. The lowest BCUT2D eigenvalue weighted by atomic mass is 10.2. The summed E-state index contributed by atoms with van der Waals surface area (Å²) in [7, 11) is -3.71. The molecule has 2 aromatic rings. The van der Waals surface area contributed by atoms with Crippen molar-refractivity contribution in [2.24, 2.45) is 0 Å². The minimum Gasteiger partial charge on any atom is -0.489 e. The van der Waals surface area contributed by atoms with E-state index in [0.717, 1.165) is 10.6 Å². The molecule has 0 fully saturated rings. The van der Waals surface area contributed by atoms with Crippen LogP contribution in [0.4, 0.5) is 11.4 Å². The third-order valence-electron chi connectivity index (χ3n) is 3.62. The van der Waals surface area contributed by atoms with Crippen molar-refractivity contribution in [3.05, 3.63) is 66.2 Å². The fourth-order valence-corrected chi connectivity index (χ4v) is 3.84. The van der Waals surface area contributed by atoms with Gasteiger partial charge in [0, 0.05) is 16.8 Å². The molecule has 0 aromatic heterocycles. The quantitative estimate of drug-likeness (QED) is 0.676. The van der Waals surface area contributed by atoms with Crippen molar-refractivity contribution in [3.8, 4) is 5.75 Å². The van der Waals surface area contributed by atoms with Gasteiger partial charge in [-0.05, 0) is 37.3 Å². The van der Waals surface area contributed by atoms with E-state index in [0.29, 0.717) is 28.8 Å². The smallest absolute Gasteiger partial charge is 0.247 e. The van der Waals surface area contributed by atoms with Crippen LogP contribution in [0.1, 0.15) is 6.92 Å². The van der Waals surface area contributed by atoms with E-state index in [-0.39, 0.29) is 0 Å². The van der Waals surface area contributed by atoms with Gasteiger partial charge in [0.15, 0.2) is 0 Å². The van der Waals surface area contributed by atoms with E-state index in [1.807, 2.05) is 0 Å². The standard InChI is InChI=1S/C19H21ClN2O4S/c1-4-11-26-18-10-6-8-16(13-18)21-19(23)14(2)22(27(3,24)25)17-9-5-7-15(20)12-17/h4-10,12-14H,1,11H2,2-3H3,(H,21,23). The highest BCUT2D eigenvalue weighted by atomic mass is 35.5. The Hall–Kier alpha value is -2.51. The van der Waals surface area contributed by atoms with Gasteiger partial charge in [0.1, 0.15) is 18.4 Å². The highest BCUT2D eigenvalue weighted by Crippen LogP contribution is 2.25. The number of hydrogen-bond acceptors (Lipinski definition) is 4. The first-order chi connectivity index (χ1) is 12.7. The van der Waals surface area contributed by atoms with Gasteiger partial charge < -0.3 is 10.1 Å². The predicted octanol–water partition coefficient (Wildman–Crippen LogP) is 3.70. The van der Waals surface area contributed by atoms with Gasteiger partial charge in [-0.2, -0.15) is 0 Å². The highest BCUT2D eigenvalue weighted by Gasteiger charge is 2.29. The van der Waals surface area contributed by atoms with Gasteiger partial charge in [-0.15, -0.1) is 0 Å². The molecule has 2 rings (SSSR count). The molecule has 0 saturated carbocycles. The fourth-order valence-electron chi connectivity index (χ4n) is 2.49. The summed E-state index contributed by atoms with van der Waals surface area (Å²) in [5.74, 6) is 0.0800. The molecule has 1 atom stereocenters. The van der Waals surface area contributed by atoms with E-state index in [1.54, 1.807) is 48.5 Å². The van der Waals surface area contributed by atoms with Crippen LogP contribution in [-0.2, 0) is 14.8 Å². The maximum absolute atomic E-state index is 12.7. The first kappa shape index (κ1) is 20.8. The predicted molar refractivity (Wildman–Crippen MR) is 109 cm³/mol. The number of hydrogen-bond donors (Lipinski definition) is 1. The summed E-state index contributed by atoms with van der Waals surface area (Å²) in [6.07, 6.45) is 2.66. The Morgan fingerprint density at radius 1 is 1.30 bits per heavy atom. The van der Waals surface area contributed by atoms with Crippen LogP contribution in [0, 0.1) is 0 Å². The summed E-state index contributed by atoms with van der Waals surface area (Å²) in [6.45, 7) is 5.43. The molecule has 0 aliphatic carbocycles. The summed E-state index contributed by atoms with van der Waals surface area (Å²) in [4.78, 5) is 12.7. The lowest BCUT2D eigenvalue weighted by Gasteiger charge is -2.28. The summed E-state index contributed by atoms with van der Waals surface area (Å²) in [6, 6.07) is 12.2. The molecule has 144 valence electrons. The van der Waals surface area contributed by atoms with Gasteiger partial charge in [-0.1, -0.05) is 36.4 Å². The molecule has 0 saturated heterocycles. The number of sulfonamides is 1. The third-order valence-corrected chi connectivity index (χ3v) is 5.10. The summed E-state index contributed by atoms with van der Waals surface area (Å²) < 4.78 is 31.0. The lowest BCUT2D eigenvalue weighted by molar-refractivity contribution is -0.116. The minimum atomic E-state index is -3.71. The van der Waals surface area contributed by atoms with E-state index >= 15 is 0 Å². The van der Waals surface area contributed by atoms with Crippen LogP contribution in [0.2, 0.25) is 5.02 Å². The highest BCUT2D eigenvalue weighted by molar-refractivity contribution is 7.92. The fraction of sp³-hybridized carbons (Fsp3) is 0.211. The number of anilines is 2. The van der Waals surface area contributed by atoms with Crippen LogP contribution >= 0.6 is 11.6 Å². The normalized spacial score (nSPS) is 12.1. The maximum Gasteiger partial charge on any atom is 0.247 e. The molecule has 0 aliphatic rings. The molecule has 6 nitrogen and oxygen atoms in total. The number of rotatable bonds is 8. The minimum absolute atomic E-state index is 0.315. The van der Waals surface area contributed by atoms with Crippen molar-refractivity contribution in [3.63, 3.8) is 0 Å². The van der Waals surface area contributed by atoms with Gasteiger partial charge in [0.25, 0.3) is 0 Å². The molecule has 1 unspecified atom stereocenters. The molecule has 0 heterocycles. The Kier molecular flexibility index (Phi) is 6.87. The number of ether oxygens (including phenoxy) is 1. The number of amides is 1. The molecule has 8 heteroatoms. The van der Waals surface area contributed by atoms with Crippen LogP contribution < -0.4 is 14.4 Å². The second-order valence-electron chi connectivity index (χ2n) is 5.83. The topological polar surface area (TPSA) is 75.7 Å². The first-order valence-electron chi connectivity index (χ1n) is 8.12. The van der Waals surface area contributed by atoms with E-state index in [4.69, 9.17) is 16.3 Å².